The molecule has 8 rings (SSSR count). The van der Waals surface area contributed by atoms with Crippen LogP contribution in [-0.2, 0) is 18.2 Å². The molecule has 0 aliphatic heterocycles. The van der Waals surface area contributed by atoms with E-state index in [9.17, 15) is 9.13 Å². The summed E-state index contributed by atoms with van der Waals surface area (Å²) in [5.74, 6) is 2.07. The number of hydrogen-bond donors (Lipinski definition) is 0. The van der Waals surface area contributed by atoms with Crippen LogP contribution in [0.5, 0.6) is 23.0 Å². The first-order chi connectivity index (χ1) is 21.4. The summed E-state index contributed by atoms with van der Waals surface area (Å²) in [4.78, 5) is 0. The highest BCUT2D eigenvalue weighted by Gasteiger charge is 2.64. The fourth-order valence-electron chi connectivity index (χ4n) is 7.15. The third-order valence-corrected chi connectivity index (χ3v) is 11.3. The van der Waals surface area contributed by atoms with E-state index in [-0.39, 0.29) is 5.92 Å². The summed E-state index contributed by atoms with van der Waals surface area (Å²) in [5.41, 5.74) is -1.11. The lowest BCUT2D eigenvalue weighted by Crippen LogP contribution is -2.62. The molecule has 4 fully saturated rings. The monoisotopic (exact) mass is 632 g/mol. The molecule has 4 aromatic rings. The molecule has 0 radical (unpaired) electrons. The van der Waals surface area contributed by atoms with Crippen molar-refractivity contribution in [1.29, 1.82) is 0 Å². The van der Waals surface area contributed by atoms with Gasteiger partial charge in [0.25, 0.3) is 0 Å². The molecule has 0 aromatic heterocycles. The zero-order valence-corrected chi connectivity index (χ0v) is 25.8. The van der Waals surface area contributed by atoms with Gasteiger partial charge in [-0.25, -0.2) is 9.13 Å². The topological polar surface area (TPSA) is 89.5 Å². The van der Waals surface area contributed by atoms with Crippen molar-refractivity contribution in [3.63, 3.8) is 0 Å². The molecule has 0 saturated heterocycles. The van der Waals surface area contributed by atoms with Crippen molar-refractivity contribution in [3.8, 4) is 23.0 Å². The lowest BCUT2D eigenvalue weighted by Gasteiger charge is -2.59. The highest BCUT2D eigenvalue weighted by Crippen LogP contribution is 2.66. The number of rotatable bonds is 12. The van der Waals surface area contributed by atoms with Gasteiger partial charge in [-0.2, -0.15) is 0 Å². The number of phosphoric ester groups is 2. The van der Waals surface area contributed by atoms with Crippen LogP contribution in [0.2, 0.25) is 0 Å². The van der Waals surface area contributed by atoms with Crippen LogP contribution >= 0.6 is 15.6 Å². The van der Waals surface area contributed by atoms with Crippen molar-refractivity contribution in [1.82, 2.24) is 0 Å². The quantitative estimate of drug-likeness (QED) is 0.143. The average Bonchev–Trinajstić information content (AvgIpc) is 3.00. The average molecular weight is 633 g/mol. The molecule has 228 valence electrons. The predicted molar refractivity (Wildman–Crippen MR) is 166 cm³/mol. The summed E-state index contributed by atoms with van der Waals surface area (Å²) < 4.78 is 66.5. The maximum atomic E-state index is 14.7. The molecule has 3 unspecified atom stereocenters. The fraction of sp³-hybridized carbons (Fsp3) is 0.294. The van der Waals surface area contributed by atoms with Gasteiger partial charge in [0.1, 0.15) is 34.7 Å². The second kappa shape index (κ2) is 12.1. The van der Waals surface area contributed by atoms with Crippen LogP contribution in [0.4, 0.5) is 0 Å². The molecule has 3 atom stereocenters. The maximum absolute atomic E-state index is 14.7. The van der Waals surface area contributed by atoms with Crippen molar-refractivity contribution in [3.05, 3.63) is 121 Å². The molecule has 0 spiro atoms. The van der Waals surface area contributed by atoms with Gasteiger partial charge >= 0.3 is 15.6 Å². The van der Waals surface area contributed by atoms with Crippen LogP contribution in [-0.4, -0.2) is 11.7 Å². The highest BCUT2D eigenvalue weighted by molar-refractivity contribution is 7.49. The third kappa shape index (κ3) is 6.45. The minimum absolute atomic E-state index is 0.00442. The van der Waals surface area contributed by atoms with E-state index in [1.807, 2.05) is 24.3 Å². The molecule has 0 N–H and O–H groups in total. The Hall–Kier alpha value is -3.54. The van der Waals surface area contributed by atoms with Gasteiger partial charge in [0.05, 0.1) is 0 Å². The SMILES string of the molecule is O=P(Oc1ccccc1)(Oc1ccccc1)OC1C2CC3CC(C2)CC1(OP(=O)(Oc1ccccc1)Oc1ccccc1)C3. The van der Waals surface area contributed by atoms with Gasteiger partial charge < -0.3 is 18.1 Å². The summed E-state index contributed by atoms with van der Waals surface area (Å²) in [7, 11) is -8.58. The van der Waals surface area contributed by atoms with E-state index in [2.05, 4.69) is 0 Å². The first-order valence-electron chi connectivity index (χ1n) is 15.0. The van der Waals surface area contributed by atoms with E-state index in [1.54, 1.807) is 97.1 Å². The Balaban J connectivity index is 1.25. The molecule has 8 nitrogen and oxygen atoms in total. The molecule has 4 aliphatic carbocycles. The molecular formula is C34H34O8P2. The fourth-order valence-corrected chi connectivity index (χ4v) is 10.2. The number of hydrogen-bond acceptors (Lipinski definition) is 8. The largest absolute Gasteiger partial charge is 0.588 e. The molecule has 44 heavy (non-hydrogen) atoms. The summed E-state index contributed by atoms with van der Waals surface area (Å²) in [6.07, 6.45) is 3.19. The van der Waals surface area contributed by atoms with Gasteiger partial charge in [0.15, 0.2) is 0 Å². The van der Waals surface area contributed by atoms with Gasteiger partial charge in [0, 0.05) is 0 Å². The van der Waals surface area contributed by atoms with Crippen LogP contribution in [0.1, 0.15) is 32.1 Å². The molecule has 4 aliphatic rings. The molecule has 10 heteroatoms. The normalized spacial score (nSPS) is 25.7. The maximum Gasteiger partial charge on any atom is 0.588 e. The van der Waals surface area contributed by atoms with Crippen LogP contribution in [0.25, 0.3) is 0 Å². The smallest absolute Gasteiger partial charge is 0.395 e. The van der Waals surface area contributed by atoms with Gasteiger partial charge in [-0.3, -0.25) is 9.05 Å². The van der Waals surface area contributed by atoms with E-state index in [1.165, 1.54) is 0 Å². The van der Waals surface area contributed by atoms with Crippen molar-refractivity contribution in [2.45, 2.75) is 43.8 Å². The van der Waals surface area contributed by atoms with Crippen LogP contribution < -0.4 is 18.1 Å². The molecule has 4 aromatic carbocycles. The van der Waals surface area contributed by atoms with Gasteiger partial charge in [-0.1, -0.05) is 72.8 Å². The van der Waals surface area contributed by atoms with Crippen molar-refractivity contribution in [2.24, 2.45) is 17.8 Å². The molecule has 0 heterocycles. The van der Waals surface area contributed by atoms with E-state index >= 15 is 0 Å². The van der Waals surface area contributed by atoms with Crippen LogP contribution in [0, 0.1) is 17.8 Å². The van der Waals surface area contributed by atoms with E-state index < -0.39 is 27.4 Å². The summed E-state index contributed by atoms with van der Waals surface area (Å²) in [6, 6.07) is 35.3. The number of benzene rings is 4. The zero-order valence-electron chi connectivity index (χ0n) is 24.1. The van der Waals surface area contributed by atoms with Crippen molar-refractivity contribution < 1.29 is 36.3 Å². The Bertz CT molecular complexity index is 1530. The van der Waals surface area contributed by atoms with Gasteiger partial charge in [-0.05, 0) is 98.4 Å². The molecule has 0 amide bonds. The highest BCUT2D eigenvalue weighted by atomic mass is 31.2. The summed E-state index contributed by atoms with van der Waals surface area (Å²) in [5, 5.41) is 0. The third-order valence-electron chi connectivity index (χ3n) is 8.53. The second-order valence-electron chi connectivity index (χ2n) is 11.8. The molecular weight excluding hydrogens is 598 g/mol. The molecule has 4 bridgehead atoms. The van der Waals surface area contributed by atoms with Crippen LogP contribution in [0.15, 0.2) is 121 Å². The van der Waals surface area contributed by atoms with Crippen molar-refractivity contribution >= 4 is 15.6 Å². The summed E-state index contributed by atoms with van der Waals surface area (Å²) in [6.45, 7) is 0. The summed E-state index contributed by atoms with van der Waals surface area (Å²) >= 11 is 0. The Morgan fingerprint density at radius 1 is 0.500 bits per heavy atom. The van der Waals surface area contributed by atoms with E-state index in [0.717, 1.165) is 19.3 Å². The van der Waals surface area contributed by atoms with E-state index in [4.69, 9.17) is 27.1 Å². The Morgan fingerprint density at radius 3 is 1.25 bits per heavy atom. The molecule has 4 saturated carbocycles. The minimum atomic E-state index is -4.30. The van der Waals surface area contributed by atoms with E-state index in [0.29, 0.717) is 47.7 Å². The number of phosphoric acid groups is 2. The lowest BCUT2D eigenvalue weighted by molar-refractivity contribution is -0.189. The Kier molecular flexibility index (Phi) is 8.02. The van der Waals surface area contributed by atoms with Gasteiger partial charge in [0.2, 0.25) is 0 Å². The first kappa shape index (κ1) is 29.2. The predicted octanol–water partition coefficient (Wildman–Crippen LogP) is 9.50. The Morgan fingerprint density at radius 2 is 0.864 bits per heavy atom. The van der Waals surface area contributed by atoms with Crippen molar-refractivity contribution in [2.75, 3.05) is 0 Å². The first-order valence-corrected chi connectivity index (χ1v) is 17.9. The Labute approximate surface area is 257 Å². The zero-order chi connectivity index (χ0) is 30.0. The lowest BCUT2D eigenvalue weighted by atomic mass is 9.53. The van der Waals surface area contributed by atoms with Crippen LogP contribution in [0.3, 0.4) is 0 Å². The van der Waals surface area contributed by atoms with Gasteiger partial charge in [-0.15, -0.1) is 0 Å². The number of para-hydroxylation sites is 4. The standard InChI is InChI=1S/C34H34O8P2/c35-43(37-29-13-5-1-6-14-29,38-30-15-7-2-8-16-30)41-33-28-22-26-21-27(23-28)25-34(33,24-26)42-44(36,39-31-17-9-3-10-18-31)40-32-19-11-4-12-20-32/h1-20,26-28,33H,21-25H2. The minimum Gasteiger partial charge on any atom is -0.395 e. The second-order valence-corrected chi connectivity index (χ2v) is 14.7.